The largest absolute Gasteiger partial charge is 0.419 e. The average Bonchev–Trinajstić information content (AvgIpc) is 3.30. The van der Waals surface area contributed by atoms with E-state index in [1.54, 1.807) is 0 Å². The van der Waals surface area contributed by atoms with Crippen molar-refractivity contribution in [3.8, 4) is 11.5 Å². The molecule has 5 nitrogen and oxygen atoms in total. The monoisotopic (exact) mass is 458 g/mol. The first-order valence-corrected chi connectivity index (χ1v) is 11.7. The number of hydrogen-bond donors (Lipinski definition) is 0. The van der Waals surface area contributed by atoms with Crippen molar-refractivity contribution in [1.29, 1.82) is 0 Å². The second-order valence-corrected chi connectivity index (χ2v) is 8.96. The predicted molar refractivity (Wildman–Crippen MR) is 133 cm³/mol. The fraction of sp³-hybridized carbons (Fsp3) is 0.259. The lowest BCUT2D eigenvalue weighted by Gasteiger charge is -2.39. The molecular formula is C27H27ClN4O. The van der Waals surface area contributed by atoms with Gasteiger partial charge in [-0.3, -0.25) is 4.90 Å². The Morgan fingerprint density at radius 1 is 0.848 bits per heavy atom. The van der Waals surface area contributed by atoms with Gasteiger partial charge in [-0.25, -0.2) is 0 Å². The fourth-order valence-corrected chi connectivity index (χ4v) is 4.83. The van der Waals surface area contributed by atoms with E-state index in [4.69, 9.17) is 16.0 Å². The number of anilines is 1. The maximum absolute atomic E-state index is 6.37. The predicted octanol–water partition coefficient (Wildman–Crippen LogP) is 5.92. The summed E-state index contributed by atoms with van der Waals surface area (Å²) >= 11 is 6.37. The molecular weight excluding hydrogens is 432 g/mol. The summed E-state index contributed by atoms with van der Waals surface area (Å²) in [7, 11) is 0. The van der Waals surface area contributed by atoms with Crippen LogP contribution in [0.25, 0.3) is 11.5 Å². The standard InChI is InChI=1S/C27H27ClN4O/c1-19-12-13-24(20(2)18-19)31-14-16-32(17-15-31)25(21-8-4-3-5-9-21)27-30-29-26(33-27)22-10-6-7-11-23(22)28/h3-13,18,25H,14-17H2,1-2H3/t25-/m0/s1. The molecule has 6 heteroatoms. The molecule has 0 bridgehead atoms. The molecule has 1 aliphatic heterocycles. The number of piperazine rings is 1. The van der Waals surface area contributed by atoms with E-state index in [0.29, 0.717) is 16.8 Å². The Kier molecular flexibility index (Phi) is 6.16. The highest BCUT2D eigenvalue weighted by atomic mass is 35.5. The first kappa shape index (κ1) is 21.7. The van der Waals surface area contributed by atoms with Crippen LogP contribution in [-0.4, -0.2) is 41.3 Å². The Labute approximate surface area is 199 Å². The van der Waals surface area contributed by atoms with Crippen LogP contribution in [0.5, 0.6) is 0 Å². The number of halogens is 1. The summed E-state index contributed by atoms with van der Waals surface area (Å²) in [5.74, 6) is 1.04. The van der Waals surface area contributed by atoms with Gasteiger partial charge in [-0.1, -0.05) is 71.8 Å². The summed E-state index contributed by atoms with van der Waals surface area (Å²) in [6.07, 6.45) is 0. The SMILES string of the molecule is Cc1ccc(N2CCN([C@@H](c3ccccc3)c3nnc(-c4ccccc4Cl)o3)CC2)c(C)c1. The third-order valence-electron chi connectivity index (χ3n) is 6.27. The van der Waals surface area contributed by atoms with E-state index >= 15 is 0 Å². The van der Waals surface area contributed by atoms with Crippen LogP contribution in [0.3, 0.4) is 0 Å². The van der Waals surface area contributed by atoms with Gasteiger partial charge in [-0.2, -0.15) is 0 Å². The zero-order valence-corrected chi connectivity index (χ0v) is 19.7. The molecule has 5 rings (SSSR count). The number of benzene rings is 3. The van der Waals surface area contributed by atoms with Gasteiger partial charge < -0.3 is 9.32 Å². The maximum atomic E-state index is 6.37. The van der Waals surface area contributed by atoms with Crippen LogP contribution < -0.4 is 4.90 Å². The van der Waals surface area contributed by atoms with Gasteiger partial charge in [0.05, 0.1) is 10.6 Å². The van der Waals surface area contributed by atoms with E-state index in [9.17, 15) is 0 Å². The smallest absolute Gasteiger partial charge is 0.249 e. The molecule has 3 aromatic carbocycles. The highest BCUT2D eigenvalue weighted by Gasteiger charge is 2.31. The quantitative estimate of drug-likeness (QED) is 0.371. The van der Waals surface area contributed by atoms with Gasteiger partial charge in [0.2, 0.25) is 11.8 Å². The van der Waals surface area contributed by atoms with Crippen molar-refractivity contribution in [3.63, 3.8) is 0 Å². The van der Waals surface area contributed by atoms with Crippen molar-refractivity contribution in [2.45, 2.75) is 19.9 Å². The van der Waals surface area contributed by atoms with Crippen LogP contribution in [0, 0.1) is 13.8 Å². The lowest BCUT2D eigenvalue weighted by molar-refractivity contribution is 0.188. The molecule has 1 aromatic heterocycles. The number of aryl methyl sites for hydroxylation is 2. The van der Waals surface area contributed by atoms with Crippen molar-refractivity contribution in [3.05, 3.63) is 100 Å². The van der Waals surface area contributed by atoms with Gasteiger partial charge in [-0.15, -0.1) is 10.2 Å². The molecule has 0 aliphatic carbocycles. The van der Waals surface area contributed by atoms with Gasteiger partial charge in [0.1, 0.15) is 6.04 Å². The second-order valence-electron chi connectivity index (χ2n) is 8.55. The van der Waals surface area contributed by atoms with E-state index in [2.05, 4.69) is 76.3 Å². The topological polar surface area (TPSA) is 45.4 Å². The highest BCUT2D eigenvalue weighted by Crippen LogP contribution is 2.33. The summed E-state index contributed by atoms with van der Waals surface area (Å²) in [4.78, 5) is 4.90. The van der Waals surface area contributed by atoms with Crippen LogP contribution in [0.2, 0.25) is 5.02 Å². The molecule has 0 N–H and O–H groups in total. The van der Waals surface area contributed by atoms with E-state index in [-0.39, 0.29) is 6.04 Å². The molecule has 1 fully saturated rings. The Bertz CT molecular complexity index is 1230. The molecule has 33 heavy (non-hydrogen) atoms. The van der Waals surface area contributed by atoms with Gasteiger partial charge >= 0.3 is 0 Å². The number of hydrogen-bond acceptors (Lipinski definition) is 5. The van der Waals surface area contributed by atoms with E-state index < -0.39 is 0 Å². The molecule has 0 saturated carbocycles. The molecule has 0 unspecified atom stereocenters. The molecule has 2 heterocycles. The molecule has 168 valence electrons. The minimum atomic E-state index is -0.101. The first-order chi connectivity index (χ1) is 16.1. The van der Waals surface area contributed by atoms with E-state index in [0.717, 1.165) is 37.3 Å². The molecule has 0 radical (unpaired) electrons. The number of rotatable bonds is 5. The zero-order chi connectivity index (χ0) is 22.8. The molecule has 0 amide bonds. The maximum Gasteiger partial charge on any atom is 0.249 e. The van der Waals surface area contributed by atoms with Crippen LogP contribution >= 0.6 is 11.6 Å². The lowest BCUT2D eigenvalue weighted by atomic mass is 10.0. The first-order valence-electron chi connectivity index (χ1n) is 11.3. The molecule has 1 aliphatic rings. The summed E-state index contributed by atoms with van der Waals surface area (Å²) in [5, 5.41) is 9.39. The van der Waals surface area contributed by atoms with Crippen molar-refractivity contribution < 1.29 is 4.42 Å². The Morgan fingerprint density at radius 2 is 1.58 bits per heavy atom. The molecule has 4 aromatic rings. The summed E-state index contributed by atoms with van der Waals surface area (Å²) in [6, 6.07) is 24.5. The second kappa shape index (κ2) is 9.38. The van der Waals surface area contributed by atoms with Crippen molar-refractivity contribution >= 4 is 17.3 Å². The summed E-state index contributed by atoms with van der Waals surface area (Å²) in [6.45, 7) is 8.02. The lowest BCUT2D eigenvalue weighted by Crippen LogP contribution is -2.48. The van der Waals surface area contributed by atoms with Crippen LogP contribution in [0.4, 0.5) is 5.69 Å². The molecule has 1 saturated heterocycles. The van der Waals surface area contributed by atoms with Crippen LogP contribution in [-0.2, 0) is 0 Å². The number of aromatic nitrogens is 2. The zero-order valence-electron chi connectivity index (χ0n) is 18.9. The Morgan fingerprint density at radius 3 is 2.30 bits per heavy atom. The summed E-state index contributed by atoms with van der Waals surface area (Å²) in [5.41, 5.74) is 5.83. The van der Waals surface area contributed by atoms with Crippen LogP contribution in [0.15, 0.2) is 77.2 Å². The van der Waals surface area contributed by atoms with Gasteiger partial charge in [0.25, 0.3) is 0 Å². The number of nitrogens with zero attached hydrogens (tertiary/aromatic N) is 4. The third kappa shape index (κ3) is 4.52. The molecule has 0 spiro atoms. The van der Waals surface area contributed by atoms with Gasteiger partial charge in [0, 0.05) is 31.9 Å². The Balaban J connectivity index is 1.41. The van der Waals surface area contributed by atoms with Crippen molar-refractivity contribution in [1.82, 2.24) is 15.1 Å². The van der Waals surface area contributed by atoms with E-state index in [1.807, 2.05) is 30.3 Å². The minimum absolute atomic E-state index is 0.101. The average molecular weight is 459 g/mol. The minimum Gasteiger partial charge on any atom is -0.419 e. The highest BCUT2D eigenvalue weighted by molar-refractivity contribution is 6.33. The van der Waals surface area contributed by atoms with Crippen molar-refractivity contribution in [2.24, 2.45) is 0 Å². The van der Waals surface area contributed by atoms with Gasteiger partial charge in [-0.05, 0) is 43.2 Å². The van der Waals surface area contributed by atoms with E-state index in [1.165, 1.54) is 16.8 Å². The Hall–Kier alpha value is -3.15. The summed E-state index contributed by atoms with van der Waals surface area (Å²) < 4.78 is 6.20. The molecule has 1 atom stereocenters. The third-order valence-corrected chi connectivity index (χ3v) is 6.60. The fourth-order valence-electron chi connectivity index (χ4n) is 4.61. The van der Waals surface area contributed by atoms with Crippen LogP contribution in [0.1, 0.15) is 28.6 Å². The van der Waals surface area contributed by atoms with Crippen molar-refractivity contribution in [2.75, 3.05) is 31.1 Å². The van der Waals surface area contributed by atoms with Gasteiger partial charge in [0.15, 0.2) is 0 Å². The normalized spacial score (nSPS) is 15.5.